The van der Waals surface area contributed by atoms with Crippen molar-refractivity contribution in [3.63, 3.8) is 0 Å². The molecule has 26 heavy (non-hydrogen) atoms. The summed E-state index contributed by atoms with van der Waals surface area (Å²) in [5.41, 5.74) is 1.23. The number of carbonyl (C=O) groups excluding carboxylic acids is 1. The quantitative estimate of drug-likeness (QED) is 0.558. The molecule has 1 N–H and O–H groups in total. The Hall–Kier alpha value is -1.61. The molecule has 1 aromatic carbocycles. The number of rotatable bonds is 11. The normalized spacial score (nSPS) is 16.5. The van der Waals surface area contributed by atoms with Crippen LogP contribution >= 0.6 is 0 Å². The molecule has 0 bridgehead atoms. The highest BCUT2D eigenvalue weighted by Gasteiger charge is 2.21. The molecule has 1 aromatic rings. The largest absolute Gasteiger partial charge is 0.508 e. The van der Waals surface area contributed by atoms with E-state index in [0.717, 1.165) is 51.6 Å². The smallest absolute Gasteiger partial charge is 0.136 e. The third-order valence-corrected chi connectivity index (χ3v) is 5.64. The van der Waals surface area contributed by atoms with Gasteiger partial charge in [0, 0.05) is 24.9 Å². The molecule has 1 saturated carbocycles. The van der Waals surface area contributed by atoms with E-state index in [4.69, 9.17) is 0 Å². The van der Waals surface area contributed by atoms with Crippen LogP contribution in [0, 0.1) is 5.92 Å². The Morgan fingerprint density at radius 3 is 2.58 bits per heavy atom. The van der Waals surface area contributed by atoms with Gasteiger partial charge in [0.1, 0.15) is 11.5 Å². The number of ketones is 1. The van der Waals surface area contributed by atoms with Crippen molar-refractivity contribution in [2.24, 2.45) is 5.92 Å². The summed E-state index contributed by atoms with van der Waals surface area (Å²) in [5, 5.41) is 9.44. The summed E-state index contributed by atoms with van der Waals surface area (Å²) in [6.45, 7) is 8.05. The van der Waals surface area contributed by atoms with Gasteiger partial charge in [0.2, 0.25) is 0 Å². The molecule has 0 aromatic heterocycles. The highest BCUT2D eigenvalue weighted by molar-refractivity contribution is 5.81. The molecule has 0 aliphatic heterocycles. The number of aromatic hydroxyl groups is 1. The monoisotopic (exact) mass is 357 g/mol. The van der Waals surface area contributed by atoms with Crippen LogP contribution in [0.1, 0.15) is 63.9 Å². The summed E-state index contributed by atoms with van der Waals surface area (Å²) in [6, 6.07) is 7.89. The second-order valence-corrected chi connectivity index (χ2v) is 7.74. The van der Waals surface area contributed by atoms with Gasteiger partial charge in [-0.2, -0.15) is 0 Å². The Bertz CT molecular complexity index is 546. The van der Waals surface area contributed by atoms with E-state index in [1.807, 2.05) is 18.2 Å². The van der Waals surface area contributed by atoms with E-state index < -0.39 is 0 Å². The van der Waals surface area contributed by atoms with Crippen LogP contribution in [0.4, 0.5) is 0 Å². The third-order valence-electron chi connectivity index (χ3n) is 5.64. The lowest BCUT2D eigenvalue weighted by Crippen LogP contribution is -2.36. The summed E-state index contributed by atoms with van der Waals surface area (Å²) in [5.74, 6) is 1.13. The maximum Gasteiger partial charge on any atom is 0.136 e. The number of phenols is 1. The number of phenolic OH excluding ortho intramolecular Hbond substituents is 1. The molecule has 3 nitrogen and oxygen atoms in total. The van der Waals surface area contributed by atoms with Gasteiger partial charge >= 0.3 is 0 Å². The van der Waals surface area contributed by atoms with Crippen LogP contribution in [-0.4, -0.2) is 34.9 Å². The average molecular weight is 358 g/mol. The van der Waals surface area contributed by atoms with Crippen LogP contribution in [0.5, 0.6) is 5.75 Å². The first-order valence-electron chi connectivity index (χ1n) is 10.3. The van der Waals surface area contributed by atoms with Crippen molar-refractivity contribution in [2.75, 3.05) is 13.1 Å². The van der Waals surface area contributed by atoms with Crippen LogP contribution in [-0.2, 0) is 11.2 Å². The molecule has 0 saturated heterocycles. The Morgan fingerprint density at radius 1 is 1.23 bits per heavy atom. The molecular weight excluding hydrogens is 322 g/mol. The number of benzene rings is 1. The van der Waals surface area contributed by atoms with Crippen molar-refractivity contribution in [2.45, 2.75) is 70.8 Å². The zero-order valence-corrected chi connectivity index (χ0v) is 16.3. The number of hydrogen-bond acceptors (Lipinski definition) is 3. The first kappa shape index (κ1) is 20.7. The molecule has 1 unspecified atom stereocenters. The van der Waals surface area contributed by atoms with Crippen LogP contribution in [0.2, 0.25) is 0 Å². The van der Waals surface area contributed by atoms with Gasteiger partial charge in [0.05, 0.1) is 0 Å². The van der Waals surface area contributed by atoms with Gasteiger partial charge in [-0.05, 0) is 63.3 Å². The minimum Gasteiger partial charge on any atom is -0.508 e. The SMILES string of the molecule is C=CCCN(CCCC(=O)C1CCCCC1)C(C)Cc1ccc(O)cc1. The lowest BCUT2D eigenvalue weighted by Gasteiger charge is -2.29. The maximum absolute atomic E-state index is 12.4. The zero-order valence-electron chi connectivity index (χ0n) is 16.3. The van der Waals surface area contributed by atoms with E-state index in [-0.39, 0.29) is 0 Å². The number of carbonyl (C=O) groups is 1. The molecule has 1 fully saturated rings. The highest BCUT2D eigenvalue weighted by Crippen LogP contribution is 2.25. The minimum absolute atomic E-state index is 0.311. The molecule has 0 heterocycles. The molecule has 2 rings (SSSR count). The van der Waals surface area contributed by atoms with Crippen molar-refractivity contribution < 1.29 is 9.90 Å². The van der Waals surface area contributed by atoms with Gasteiger partial charge in [-0.25, -0.2) is 0 Å². The predicted molar refractivity (Wildman–Crippen MR) is 108 cm³/mol. The topological polar surface area (TPSA) is 40.5 Å². The number of hydrogen-bond donors (Lipinski definition) is 1. The van der Waals surface area contributed by atoms with E-state index in [1.165, 1.54) is 24.8 Å². The summed E-state index contributed by atoms with van der Waals surface area (Å²) < 4.78 is 0. The fourth-order valence-electron chi connectivity index (χ4n) is 4.00. The second kappa shape index (κ2) is 11.2. The first-order valence-corrected chi connectivity index (χ1v) is 10.3. The van der Waals surface area contributed by atoms with E-state index in [2.05, 4.69) is 18.4 Å². The van der Waals surface area contributed by atoms with Crippen molar-refractivity contribution in [3.05, 3.63) is 42.5 Å². The highest BCUT2D eigenvalue weighted by atomic mass is 16.3. The van der Waals surface area contributed by atoms with Crippen LogP contribution in [0.15, 0.2) is 36.9 Å². The number of Topliss-reactive ketones (excluding diaryl/α,β-unsaturated/α-hetero) is 1. The Kier molecular flexibility index (Phi) is 8.90. The second-order valence-electron chi connectivity index (χ2n) is 7.74. The lowest BCUT2D eigenvalue weighted by molar-refractivity contribution is -0.124. The van der Waals surface area contributed by atoms with Crippen LogP contribution in [0.3, 0.4) is 0 Å². The van der Waals surface area contributed by atoms with Gasteiger partial charge in [0.15, 0.2) is 0 Å². The summed E-state index contributed by atoms with van der Waals surface area (Å²) in [6.07, 6.45) is 11.5. The Balaban J connectivity index is 1.81. The third kappa shape index (κ3) is 6.95. The first-order chi connectivity index (χ1) is 12.6. The van der Waals surface area contributed by atoms with Crippen LogP contribution < -0.4 is 0 Å². The molecule has 0 spiro atoms. The van der Waals surface area contributed by atoms with Gasteiger partial charge in [-0.15, -0.1) is 6.58 Å². The van der Waals surface area contributed by atoms with E-state index in [1.54, 1.807) is 12.1 Å². The van der Waals surface area contributed by atoms with Crippen molar-refractivity contribution in [1.29, 1.82) is 0 Å². The van der Waals surface area contributed by atoms with Gasteiger partial charge in [0.25, 0.3) is 0 Å². The van der Waals surface area contributed by atoms with E-state index in [9.17, 15) is 9.90 Å². The summed E-state index contributed by atoms with van der Waals surface area (Å²) in [7, 11) is 0. The minimum atomic E-state index is 0.311. The van der Waals surface area contributed by atoms with Crippen LogP contribution in [0.25, 0.3) is 0 Å². The molecule has 0 amide bonds. The molecule has 1 atom stereocenters. The average Bonchev–Trinajstić information content (AvgIpc) is 2.66. The lowest BCUT2D eigenvalue weighted by atomic mass is 9.85. The van der Waals surface area contributed by atoms with Gasteiger partial charge in [-0.1, -0.05) is 37.5 Å². The van der Waals surface area contributed by atoms with Crippen molar-refractivity contribution >= 4 is 5.78 Å². The Morgan fingerprint density at radius 2 is 1.92 bits per heavy atom. The molecule has 1 aliphatic rings. The summed E-state index contributed by atoms with van der Waals surface area (Å²) in [4.78, 5) is 14.9. The fourth-order valence-corrected chi connectivity index (χ4v) is 4.00. The van der Waals surface area contributed by atoms with Gasteiger partial charge in [-0.3, -0.25) is 4.79 Å². The molecular formula is C23H35NO2. The molecule has 3 heteroatoms. The van der Waals surface area contributed by atoms with Crippen molar-refractivity contribution in [1.82, 2.24) is 4.90 Å². The zero-order chi connectivity index (χ0) is 18.8. The molecule has 0 radical (unpaired) electrons. The fraction of sp³-hybridized carbons (Fsp3) is 0.609. The van der Waals surface area contributed by atoms with Gasteiger partial charge < -0.3 is 10.0 Å². The van der Waals surface area contributed by atoms with E-state index in [0.29, 0.717) is 23.5 Å². The van der Waals surface area contributed by atoms with E-state index >= 15 is 0 Å². The Labute approximate surface area is 159 Å². The maximum atomic E-state index is 12.4. The number of nitrogens with zero attached hydrogens (tertiary/aromatic N) is 1. The predicted octanol–water partition coefficient (Wildman–Crippen LogP) is 5.13. The van der Waals surface area contributed by atoms with Crippen molar-refractivity contribution in [3.8, 4) is 5.75 Å². The standard InChI is InChI=1S/C23H35NO2/c1-3-4-16-24(19(2)18-20-12-14-22(25)15-13-20)17-8-11-23(26)21-9-6-5-7-10-21/h3,12-15,19,21,25H,1,4-11,16-18H2,2H3. The molecule has 144 valence electrons. The summed E-state index contributed by atoms with van der Waals surface area (Å²) >= 11 is 0. The molecule has 1 aliphatic carbocycles.